The molecule has 0 spiro atoms. The topological polar surface area (TPSA) is 71.9 Å². The van der Waals surface area contributed by atoms with Crippen molar-refractivity contribution in [2.24, 2.45) is 0 Å². The number of methoxy groups -OCH3 is 1. The number of likely N-dealkylation sites (N-methyl/N-ethyl adjacent to an activating group) is 1. The molecule has 2 rings (SSSR count). The molecule has 0 saturated carbocycles. The Labute approximate surface area is 168 Å². The van der Waals surface area contributed by atoms with E-state index < -0.39 is 0 Å². The monoisotopic (exact) mass is 408 g/mol. The first-order chi connectivity index (χ1) is 12.9. The number of carbonyl (C=O) groups is 2. The molecule has 0 saturated heterocycles. The minimum atomic E-state index is -0.231. The van der Waals surface area contributed by atoms with Crippen molar-refractivity contribution in [3.05, 3.63) is 47.5 Å². The van der Waals surface area contributed by atoms with Crippen LogP contribution in [0.3, 0.4) is 0 Å². The first kappa shape index (κ1) is 21.1. The summed E-state index contributed by atoms with van der Waals surface area (Å²) in [6, 6.07) is 12.6. The van der Waals surface area contributed by atoms with E-state index in [1.165, 1.54) is 7.11 Å². The van der Waals surface area contributed by atoms with Crippen LogP contribution in [0.4, 0.5) is 11.4 Å². The van der Waals surface area contributed by atoms with Gasteiger partial charge in [0.15, 0.2) is 13.1 Å². The number of anilines is 2. The van der Waals surface area contributed by atoms with Crippen LogP contribution in [0.15, 0.2) is 47.4 Å². The van der Waals surface area contributed by atoms with Crippen molar-refractivity contribution >= 4 is 46.6 Å². The molecular formula is C19H23ClN3O3S+. The van der Waals surface area contributed by atoms with Crippen LogP contribution < -0.4 is 20.3 Å². The summed E-state index contributed by atoms with van der Waals surface area (Å²) in [5, 5.41) is 6.16. The maximum atomic E-state index is 12.3. The van der Waals surface area contributed by atoms with Crippen LogP contribution in [0.1, 0.15) is 0 Å². The number of hydrogen-bond donors (Lipinski definition) is 3. The van der Waals surface area contributed by atoms with E-state index in [9.17, 15) is 9.59 Å². The molecule has 1 unspecified atom stereocenters. The Hall–Kier alpha value is -2.22. The number of rotatable bonds is 8. The van der Waals surface area contributed by atoms with Crippen molar-refractivity contribution in [3.8, 4) is 5.75 Å². The van der Waals surface area contributed by atoms with Crippen molar-refractivity contribution in [3.63, 3.8) is 0 Å². The van der Waals surface area contributed by atoms with Crippen LogP contribution >= 0.6 is 23.4 Å². The van der Waals surface area contributed by atoms with Gasteiger partial charge in [0.1, 0.15) is 5.75 Å². The lowest BCUT2D eigenvalue weighted by Crippen LogP contribution is -3.11. The molecule has 0 radical (unpaired) electrons. The molecule has 2 aromatic carbocycles. The lowest BCUT2D eigenvalue weighted by Gasteiger charge is -2.15. The van der Waals surface area contributed by atoms with Crippen LogP contribution in [0.2, 0.25) is 5.02 Å². The summed E-state index contributed by atoms with van der Waals surface area (Å²) in [4.78, 5) is 26.3. The Kier molecular flexibility index (Phi) is 7.97. The van der Waals surface area contributed by atoms with Crippen LogP contribution in [0.25, 0.3) is 0 Å². The number of amides is 2. The number of quaternary nitrogens is 1. The molecule has 1 atom stereocenters. The zero-order chi connectivity index (χ0) is 19.8. The number of benzene rings is 2. The lowest BCUT2D eigenvalue weighted by atomic mass is 10.3. The van der Waals surface area contributed by atoms with E-state index in [4.69, 9.17) is 16.3 Å². The summed E-state index contributed by atoms with van der Waals surface area (Å²) in [7, 11) is 3.31. The van der Waals surface area contributed by atoms with Crippen LogP contribution in [-0.4, -0.2) is 45.3 Å². The molecule has 0 heterocycles. The van der Waals surface area contributed by atoms with Crippen molar-refractivity contribution in [2.45, 2.75) is 4.90 Å². The SMILES string of the molecule is COc1ccc(Cl)cc1NC(=O)C[NH+](C)CC(=O)Nc1ccccc1SC. The lowest BCUT2D eigenvalue weighted by molar-refractivity contribution is -0.862. The van der Waals surface area contributed by atoms with Crippen molar-refractivity contribution in [1.82, 2.24) is 0 Å². The second-order valence-electron chi connectivity index (χ2n) is 5.95. The fourth-order valence-electron chi connectivity index (χ4n) is 2.53. The van der Waals surface area contributed by atoms with Crippen molar-refractivity contribution in [2.75, 3.05) is 44.1 Å². The molecule has 0 aliphatic carbocycles. The fraction of sp³-hybridized carbons (Fsp3) is 0.263. The number of para-hydroxylation sites is 1. The van der Waals surface area contributed by atoms with Crippen LogP contribution in [0, 0.1) is 0 Å². The van der Waals surface area contributed by atoms with E-state index in [1.807, 2.05) is 30.5 Å². The van der Waals surface area contributed by atoms with Gasteiger partial charge in [-0.2, -0.15) is 0 Å². The summed E-state index contributed by atoms with van der Waals surface area (Å²) in [6.07, 6.45) is 1.96. The Morgan fingerprint density at radius 1 is 1.07 bits per heavy atom. The third-order valence-electron chi connectivity index (χ3n) is 3.74. The van der Waals surface area contributed by atoms with E-state index in [0.29, 0.717) is 16.5 Å². The van der Waals surface area contributed by atoms with Gasteiger partial charge < -0.3 is 20.3 Å². The summed E-state index contributed by atoms with van der Waals surface area (Å²) >= 11 is 7.53. The molecule has 0 fully saturated rings. The van der Waals surface area contributed by atoms with Gasteiger partial charge in [-0.1, -0.05) is 23.7 Å². The number of hydrogen-bond acceptors (Lipinski definition) is 4. The van der Waals surface area contributed by atoms with Gasteiger partial charge in [0.25, 0.3) is 11.8 Å². The predicted molar refractivity (Wildman–Crippen MR) is 110 cm³/mol. The largest absolute Gasteiger partial charge is 0.495 e. The normalized spacial score (nSPS) is 11.6. The van der Waals surface area contributed by atoms with Gasteiger partial charge in [-0.3, -0.25) is 9.59 Å². The van der Waals surface area contributed by atoms with E-state index in [-0.39, 0.29) is 24.9 Å². The molecular weight excluding hydrogens is 386 g/mol. The van der Waals surface area contributed by atoms with Gasteiger partial charge in [0.05, 0.1) is 25.5 Å². The predicted octanol–water partition coefficient (Wildman–Crippen LogP) is 2.16. The number of nitrogens with one attached hydrogen (secondary N) is 3. The molecule has 0 bridgehead atoms. The molecule has 0 aliphatic rings. The maximum Gasteiger partial charge on any atom is 0.279 e. The molecule has 0 aliphatic heterocycles. The van der Waals surface area contributed by atoms with Crippen LogP contribution in [0.5, 0.6) is 5.75 Å². The second-order valence-corrected chi connectivity index (χ2v) is 7.24. The highest BCUT2D eigenvalue weighted by Gasteiger charge is 2.16. The number of ether oxygens (including phenoxy) is 1. The first-order valence-electron chi connectivity index (χ1n) is 8.30. The Balaban J connectivity index is 1.89. The number of halogens is 1. The van der Waals surface area contributed by atoms with Gasteiger partial charge in [0, 0.05) is 9.92 Å². The zero-order valence-electron chi connectivity index (χ0n) is 15.5. The molecule has 2 aromatic rings. The van der Waals surface area contributed by atoms with Crippen molar-refractivity contribution < 1.29 is 19.2 Å². The standard InChI is InChI=1S/C19H22ClN3O3S/c1-23(11-18(24)21-14-6-4-5-7-17(14)27-3)12-19(25)22-15-10-13(20)8-9-16(15)26-2/h4-10H,11-12H2,1-3H3,(H,21,24)(H,22,25)/p+1. The molecule has 8 heteroatoms. The summed E-state index contributed by atoms with van der Waals surface area (Å²) < 4.78 is 5.21. The highest BCUT2D eigenvalue weighted by Crippen LogP contribution is 2.27. The molecule has 0 aromatic heterocycles. The summed E-state index contributed by atoms with van der Waals surface area (Å²) in [6.45, 7) is 0.302. The fourth-order valence-corrected chi connectivity index (χ4v) is 3.25. The van der Waals surface area contributed by atoms with Gasteiger partial charge in [-0.25, -0.2) is 0 Å². The Bertz CT molecular complexity index is 817. The van der Waals surface area contributed by atoms with E-state index >= 15 is 0 Å². The van der Waals surface area contributed by atoms with E-state index in [0.717, 1.165) is 15.5 Å². The van der Waals surface area contributed by atoms with Gasteiger partial charge in [-0.05, 0) is 36.6 Å². The molecule has 6 nitrogen and oxygen atoms in total. The van der Waals surface area contributed by atoms with E-state index in [1.54, 1.807) is 37.0 Å². The van der Waals surface area contributed by atoms with Gasteiger partial charge in [0.2, 0.25) is 0 Å². The van der Waals surface area contributed by atoms with Gasteiger partial charge >= 0.3 is 0 Å². The summed E-state index contributed by atoms with van der Waals surface area (Å²) in [5.41, 5.74) is 1.28. The Morgan fingerprint density at radius 3 is 2.33 bits per heavy atom. The molecule has 144 valence electrons. The average molecular weight is 409 g/mol. The van der Waals surface area contributed by atoms with E-state index in [2.05, 4.69) is 10.6 Å². The quantitative estimate of drug-likeness (QED) is 0.585. The third kappa shape index (κ3) is 6.46. The minimum absolute atomic E-state index is 0.132. The number of thioether (sulfide) groups is 1. The second kappa shape index (κ2) is 10.2. The zero-order valence-corrected chi connectivity index (χ0v) is 17.0. The van der Waals surface area contributed by atoms with Gasteiger partial charge in [-0.15, -0.1) is 11.8 Å². The van der Waals surface area contributed by atoms with Crippen LogP contribution in [-0.2, 0) is 9.59 Å². The average Bonchev–Trinajstić information content (AvgIpc) is 2.62. The maximum absolute atomic E-state index is 12.3. The first-order valence-corrected chi connectivity index (χ1v) is 9.90. The number of carbonyl (C=O) groups excluding carboxylic acids is 2. The molecule has 2 amide bonds. The Morgan fingerprint density at radius 2 is 1.70 bits per heavy atom. The molecule has 3 N–H and O–H groups in total. The smallest absolute Gasteiger partial charge is 0.279 e. The summed E-state index contributed by atoms with van der Waals surface area (Å²) in [5.74, 6) is 0.143. The minimum Gasteiger partial charge on any atom is -0.495 e. The third-order valence-corrected chi connectivity index (χ3v) is 4.77. The van der Waals surface area contributed by atoms with Crippen molar-refractivity contribution in [1.29, 1.82) is 0 Å². The highest BCUT2D eigenvalue weighted by molar-refractivity contribution is 7.98. The molecule has 27 heavy (non-hydrogen) atoms. The highest BCUT2D eigenvalue weighted by atomic mass is 35.5.